The molecule has 0 saturated heterocycles. The zero-order valence-electron chi connectivity index (χ0n) is 30.1. The van der Waals surface area contributed by atoms with Gasteiger partial charge in [-0.1, -0.05) is 77.9 Å². The number of rotatable bonds is 2. The van der Waals surface area contributed by atoms with Crippen LogP contribution < -0.4 is 0 Å². The van der Waals surface area contributed by atoms with E-state index in [-0.39, 0.29) is 10.8 Å². The Balaban J connectivity index is 1.27. The van der Waals surface area contributed by atoms with Crippen molar-refractivity contribution in [3.63, 3.8) is 0 Å². The van der Waals surface area contributed by atoms with Crippen molar-refractivity contribution in [2.75, 3.05) is 0 Å². The molecule has 0 amide bonds. The number of fused-ring (bicyclic) bond motifs is 8. The van der Waals surface area contributed by atoms with Gasteiger partial charge in [0.1, 0.15) is 0 Å². The predicted octanol–water partition coefficient (Wildman–Crippen LogP) is 14.4. The molecule has 2 heterocycles. The molecule has 9 rings (SSSR count). The summed E-state index contributed by atoms with van der Waals surface area (Å²) in [5.41, 5.74) is 8.65. The minimum atomic E-state index is -0.110. The first-order valence-electron chi connectivity index (χ1n) is 17.7. The van der Waals surface area contributed by atoms with E-state index in [1.807, 2.05) is 24.3 Å². The van der Waals surface area contributed by atoms with Crippen molar-refractivity contribution in [3.8, 4) is 34.4 Å². The van der Waals surface area contributed by atoms with Crippen LogP contribution in [-0.4, -0.2) is 0 Å². The molecule has 0 radical (unpaired) electrons. The second-order valence-corrected chi connectivity index (χ2v) is 18.2. The van der Waals surface area contributed by atoms with Gasteiger partial charge in [-0.3, -0.25) is 0 Å². The lowest BCUT2D eigenvalue weighted by molar-refractivity contribution is 0.593. The number of nitrogens with zero attached hydrogens (tertiary/aromatic N) is 2. The third-order valence-corrected chi connectivity index (χ3v) is 12.8. The van der Waals surface area contributed by atoms with Crippen LogP contribution in [0.5, 0.6) is 0 Å². The van der Waals surface area contributed by atoms with E-state index in [0.29, 0.717) is 11.1 Å². The van der Waals surface area contributed by atoms with Crippen molar-refractivity contribution < 1.29 is 0 Å². The van der Waals surface area contributed by atoms with Crippen LogP contribution in [0, 0.1) is 22.7 Å². The van der Waals surface area contributed by atoms with E-state index in [0.717, 1.165) is 10.8 Å². The van der Waals surface area contributed by atoms with Crippen molar-refractivity contribution in [2.45, 2.75) is 52.4 Å². The molecule has 2 nitrogen and oxygen atoms in total. The number of thiophene rings is 2. The molecule has 4 heteroatoms. The molecule has 0 unspecified atom stereocenters. The van der Waals surface area contributed by atoms with E-state index in [4.69, 9.17) is 0 Å². The van der Waals surface area contributed by atoms with Crippen molar-refractivity contribution >= 4 is 84.6 Å². The highest BCUT2D eigenvalue weighted by atomic mass is 32.1. The van der Waals surface area contributed by atoms with Crippen LogP contribution in [-0.2, 0) is 10.8 Å². The lowest BCUT2D eigenvalue weighted by Gasteiger charge is -2.31. The quantitative estimate of drug-likeness (QED) is 0.168. The van der Waals surface area contributed by atoms with Crippen molar-refractivity contribution in [2.24, 2.45) is 0 Å². The fourth-order valence-electron chi connectivity index (χ4n) is 8.26. The summed E-state index contributed by atoms with van der Waals surface area (Å²) in [7, 11) is 0. The molecule has 52 heavy (non-hydrogen) atoms. The zero-order valence-corrected chi connectivity index (χ0v) is 31.7. The monoisotopic (exact) mass is 704 g/mol. The molecule has 0 fully saturated rings. The van der Waals surface area contributed by atoms with Crippen LogP contribution in [0.1, 0.15) is 63.8 Å². The first-order valence-corrected chi connectivity index (χ1v) is 19.3. The highest BCUT2D eigenvalue weighted by Gasteiger charge is 2.28. The molecule has 250 valence electrons. The van der Waals surface area contributed by atoms with Crippen LogP contribution in [0.15, 0.2) is 109 Å². The van der Waals surface area contributed by atoms with E-state index in [1.54, 1.807) is 22.7 Å². The maximum atomic E-state index is 9.59. The fourth-order valence-corrected chi connectivity index (χ4v) is 10.4. The van der Waals surface area contributed by atoms with Gasteiger partial charge in [0, 0.05) is 40.3 Å². The Morgan fingerprint density at radius 2 is 0.673 bits per heavy atom. The van der Waals surface area contributed by atoms with Crippen LogP contribution in [0.3, 0.4) is 0 Å². The fraction of sp³-hybridized carbons (Fsp3) is 0.167. The third kappa shape index (κ3) is 5.09. The maximum Gasteiger partial charge on any atom is 0.0991 e. The summed E-state index contributed by atoms with van der Waals surface area (Å²) in [6.07, 6.45) is 0. The average Bonchev–Trinajstić information content (AvgIpc) is 3.68. The summed E-state index contributed by atoms with van der Waals surface area (Å²) in [6.45, 7) is 14.0. The molecule has 9 aromatic rings. The maximum absolute atomic E-state index is 9.59. The van der Waals surface area contributed by atoms with Gasteiger partial charge in [-0.15, -0.1) is 22.7 Å². The number of nitriles is 2. The van der Waals surface area contributed by atoms with Gasteiger partial charge in [0.25, 0.3) is 0 Å². The lowest BCUT2D eigenvalue weighted by atomic mass is 9.73. The highest BCUT2D eigenvalue weighted by molar-refractivity contribution is 7.26. The van der Waals surface area contributed by atoms with Gasteiger partial charge in [-0.25, -0.2) is 0 Å². The largest absolute Gasteiger partial charge is 0.192 e. The third-order valence-electron chi connectivity index (χ3n) is 10.5. The van der Waals surface area contributed by atoms with Crippen LogP contribution in [0.2, 0.25) is 0 Å². The summed E-state index contributed by atoms with van der Waals surface area (Å²) in [6, 6.07) is 44.3. The lowest BCUT2D eigenvalue weighted by Crippen LogP contribution is -2.17. The minimum absolute atomic E-state index is 0.110. The zero-order chi connectivity index (χ0) is 36.1. The van der Waals surface area contributed by atoms with E-state index >= 15 is 0 Å². The van der Waals surface area contributed by atoms with Gasteiger partial charge < -0.3 is 0 Å². The molecular formula is C48H36N2S2. The highest BCUT2D eigenvalue weighted by Crippen LogP contribution is 2.47. The van der Waals surface area contributed by atoms with Crippen LogP contribution in [0.25, 0.3) is 84.1 Å². The van der Waals surface area contributed by atoms with Gasteiger partial charge in [0.2, 0.25) is 0 Å². The van der Waals surface area contributed by atoms with E-state index < -0.39 is 0 Å². The summed E-state index contributed by atoms with van der Waals surface area (Å²) >= 11 is 3.56. The van der Waals surface area contributed by atoms with E-state index in [2.05, 4.69) is 139 Å². The molecule has 0 saturated carbocycles. The summed E-state index contributed by atoms with van der Waals surface area (Å²) in [5.74, 6) is 0. The minimum Gasteiger partial charge on any atom is -0.192 e. The molecule has 0 atom stereocenters. The molecule has 7 aromatic carbocycles. The van der Waals surface area contributed by atoms with Crippen molar-refractivity contribution in [1.29, 1.82) is 10.5 Å². The standard InChI is InChI=1S/C48H36N2S2/c1-47(2,3)45-33-13-9-30(32-12-18-44-38(22-32)36-20-28(26-50)8-16-42(36)52-44)24-40(33)46(48(4,5)6)34-14-10-29(23-39(34)45)31-11-17-43-37(21-31)35-19-27(25-49)7-15-41(35)51-43/h7-24H,1-6H3. The number of hydrogen-bond acceptors (Lipinski definition) is 4. The Hall–Kier alpha value is -5.52. The Bertz CT molecular complexity index is 2850. The summed E-state index contributed by atoms with van der Waals surface area (Å²) < 4.78 is 4.88. The molecule has 0 aliphatic rings. The first-order chi connectivity index (χ1) is 24.9. The molecule has 0 bridgehead atoms. The Kier molecular flexibility index (Phi) is 7.16. The SMILES string of the molecule is CC(C)(C)c1c2ccc(-c3ccc4sc5ccc(C#N)cc5c4c3)cc2c(C(C)(C)C)c2ccc(-c3ccc4sc5ccc(C#N)cc5c4c3)cc12. The van der Waals surface area contributed by atoms with Gasteiger partial charge >= 0.3 is 0 Å². The molecule has 0 spiro atoms. The van der Waals surface area contributed by atoms with Gasteiger partial charge in [-0.2, -0.15) is 10.5 Å². The Morgan fingerprint density at radius 1 is 0.365 bits per heavy atom. The first kappa shape index (κ1) is 32.4. The van der Waals surface area contributed by atoms with Crippen LogP contribution in [0.4, 0.5) is 0 Å². The second-order valence-electron chi connectivity index (χ2n) is 16.0. The molecule has 2 aromatic heterocycles. The van der Waals surface area contributed by atoms with Gasteiger partial charge in [0.05, 0.1) is 23.3 Å². The Labute approximate surface area is 311 Å². The van der Waals surface area contributed by atoms with Crippen molar-refractivity contribution in [3.05, 3.63) is 131 Å². The molecule has 0 aliphatic carbocycles. The Morgan fingerprint density at radius 3 is 1.02 bits per heavy atom. The van der Waals surface area contributed by atoms with Gasteiger partial charge in [-0.05, 0) is 139 Å². The second kappa shape index (κ2) is 11.5. The van der Waals surface area contributed by atoms with Crippen molar-refractivity contribution in [1.82, 2.24) is 0 Å². The average molecular weight is 705 g/mol. The van der Waals surface area contributed by atoms with Gasteiger partial charge in [0.15, 0.2) is 0 Å². The number of hydrogen-bond donors (Lipinski definition) is 0. The summed E-state index contributed by atoms with van der Waals surface area (Å²) in [4.78, 5) is 0. The molecule has 0 aliphatic heterocycles. The summed E-state index contributed by atoms with van der Waals surface area (Å²) in [5, 5.41) is 29.1. The molecular weight excluding hydrogens is 669 g/mol. The normalized spacial score (nSPS) is 12.4. The molecule has 0 N–H and O–H groups in total. The number of benzene rings is 7. The smallest absolute Gasteiger partial charge is 0.0991 e. The van der Waals surface area contributed by atoms with Crippen LogP contribution >= 0.6 is 22.7 Å². The predicted molar refractivity (Wildman–Crippen MR) is 225 cm³/mol. The van der Waals surface area contributed by atoms with E-state index in [1.165, 1.54) is 84.5 Å². The van der Waals surface area contributed by atoms with E-state index in [9.17, 15) is 10.5 Å². The topological polar surface area (TPSA) is 47.6 Å².